The number of thiophene rings is 1. The van der Waals surface area contributed by atoms with Crippen molar-refractivity contribution in [2.45, 2.75) is 25.3 Å². The predicted molar refractivity (Wildman–Crippen MR) is 63.4 cm³/mol. The highest BCUT2D eigenvalue weighted by Crippen LogP contribution is 2.21. The molecule has 0 radical (unpaired) electrons. The van der Waals surface area contributed by atoms with Crippen molar-refractivity contribution in [1.82, 2.24) is 5.32 Å². The van der Waals surface area contributed by atoms with Crippen molar-refractivity contribution in [2.75, 3.05) is 18.5 Å². The molecular weight excluding hydrogens is 208 g/mol. The van der Waals surface area contributed by atoms with Gasteiger partial charge in [-0.25, -0.2) is 0 Å². The Balaban J connectivity index is 1.90. The first-order chi connectivity index (χ1) is 7.27. The first-order valence-corrected chi connectivity index (χ1v) is 6.19. The number of hydrogen-bond donors (Lipinski definition) is 1. The second-order valence-electron chi connectivity index (χ2n) is 3.90. The zero-order valence-electron chi connectivity index (χ0n) is 8.90. The number of rotatable bonds is 3. The van der Waals surface area contributed by atoms with Crippen molar-refractivity contribution in [3.05, 3.63) is 17.5 Å². The Labute approximate surface area is 94.1 Å². The minimum absolute atomic E-state index is 0.205. The summed E-state index contributed by atoms with van der Waals surface area (Å²) in [5.41, 5.74) is 0. The molecule has 0 bridgehead atoms. The molecule has 0 aromatic carbocycles. The summed E-state index contributed by atoms with van der Waals surface area (Å²) in [5.74, 6) is 0.205. The molecule has 2 heterocycles. The van der Waals surface area contributed by atoms with Crippen LogP contribution in [0.4, 0.5) is 5.00 Å². The van der Waals surface area contributed by atoms with Crippen molar-refractivity contribution in [3.63, 3.8) is 0 Å². The van der Waals surface area contributed by atoms with Crippen molar-refractivity contribution >= 4 is 22.2 Å². The second-order valence-corrected chi connectivity index (χ2v) is 4.83. The van der Waals surface area contributed by atoms with E-state index < -0.39 is 0 Å². The summed E-state index contributed by atoms with van der Waals surface area (Å²) >= 11 is 1.60. The Morgan fingerprint density at radius 3 is 3.20 bits per heavy atom. The first-order valence-electron chi connectivity index (χ1n) is 5.31. The van der Waals surface area contributed by atoms with Crippen LogP contribution in [0.2, 0.25) is 0 Å². The van der Waals surface area contributed by atoms with Gasteiger partial charge in [0, 0.05) is 19.5 Å². The topological polar surface area (TPSA) is 32.3 Å². The van der Waals surface area contributed by atoms with E-state index in [1.54, 1.807) is 16.2 Å². The molecule has 1 unspecified atom stereocenters. The Hall–Kier alpha value is -0.870. The number of anilines is 1. The fourth-order valence-electron chi connectivity index (χ4n) is 1.86. The molecule has 2 rings (SSSR count). The van der Waals surface area contributed by atoms with Crippen molar-refractivity contribution in [2.24, 2.45) is 0 Å². The summed E-state index contributed by atoms with van der Waals surface area (Å²) in [4.78, 5) is 13.6. The van der Waals surface area contributed by atoms with Gasteiger partial charge in [0.15, 0.2) is 0 Å². The molecular formula is C11H16N2OS. The highest BCUT2D eigenvalue weighted by atomic mass is 32.1. The lowest BCUT2D eigenvalue weighted by Gasteiger charge is -2.17. The quantitative estimate of drug-likeness (QED) is 0.850. The highest BCUT2D eigenvalue weighted by Gasteiger charge is 2.20. The summed E-state index contributed by atoms with van der Waals surface area (Å²) in [6.45, 7) is 1.06. The van der Waals surface area contributed by atoms with Crippen LogP contribution in [0, 0.1) is 0 Å². The maximum Gasteiger partial charge on any atom is 0.228 e. The van der Waals surface area contributed by atoms with Crippen LogP contribution in [0.25, 0.3) is 0 Å². The molecule has 1 aliphatic rings. The van der Waals surface area contributed by atoms with Gasteiger partial charge in [-0.1, -0.05) is 0 Å². The average Bonchev–Trinajstić information content (AvgIpc) is 2.88. The normalized spacial score (nSPS) is 20.5. The van der Waals surface area contributed by atoms with E-state index >= 15 is 0 Å². The van der Waals surface area contributed by atoms with E-state index in [0.717, 1.165) is 18.0 Å². The molecule has 1 saturated heterocycles. The van der Waals surface area contributed by atoms with Gasteiger partial charge >= 0.3 is 0 Å². The Bertz CT molecular complexity index is 317. The minimum atomic E-state index is 0.205. The van der Waals surface area contributed by atoms with Gasteiger partial charge in [0.1, 0.15) is 0 Å². The number of nitrogens with zero attached hydrogens (tertiary/aromatic N) is 1. The summed E-state index contributed by atoms with van der Waals surface area (Å²) in [7, 11) is 1.85. The van der Waals surface area contributed by atoms with E-state index in [4.69, 9.17) is 0 Å². The number of nitrogens with one attached hydrogen (secondary N) is 1. The van der Waals surface area contributed by atoms with Crippen LogP contribution in [0.1, 0.15) is 19.3 Å². The minimum Gasteiger partial charge on any atom is -0.313 e. The van der Waals surface area contributed by atoms with Crippen LogP contribution in [0.15, 0.2) is 17.5 Å². The molecule has 1 fully saturated rings. The van der Waals surface area contributed by atoms with Gasteiger partial charge in [-0.3, -0.25) is 4.79 Å². The van der Waals surface area contributed by atoms with Gasteiger partial charge in [0.05, 0.1) is 5.00 Å². The lowest BCUT2D eigenvalue weighted by atomic mass is 10.1. The Morgan fingerprint density at radius 1 is 1.73 bits per heavy atom. The van der Waals surface area contributed by atoms with Crippen molar-refractivity contribution < 1.29 is 4.79 Å². The smallest absolute Gasteiger partial charge is 0.228 e. The zero-order valence-corrected chi connectivity index (χ0v) is 9.72. The molecule has 0 saturated carbocycles. The van der Waals surface area contributed by atoms with E-state index in [9.17, 15) is 4.79 Å². The fourth-order valence-corrected chi connectivity index (χ4v) is 2.58. The van der Waals surface area contributed by atoms with Gasteiger partial charge in [0.25, 0.3) is 0 Å². The molecule has 1 aliphatic heterocycles. The third-order valence-electron chi connectivity index (χ3n) is 2.79. The average molecular weight is 224 g/mol. The predicted octanol–water partition coefficient (Wildman–Crippen LogP) is 1.85. The third kappa shape index (κ3) is 2.58. The molecule has 1 aromatic heterocycles. The Kier molecular flexibility index (Phi) is 3.38. The molecule has 82 valence electrons. The monoisotopic (exact) mass is 224 g/mol. The van der Waals surface area contributed by atoms with Crippen LogP contribution in [0.5, 0.6) is 0 Å². The van der Waals surface area contributed by atoms with Crippen LogP contribution < -0.4 is 10.2 Å². The summed E-state index contributed by atoms with van der Waals surface area (Å²) in [5, 5.41) is 6.36. The summed E-state index contributed by atoms with van der Waals surface area (Å²) in [6, 6.07) is 4.34. The molecule has 1 N–H and O–H groups in total. The van der Waals surface area contributed by atoms with Crippen molar-refractivity contribution in [1.29, 1.82) is 0 Å². The van der Waals surface area contributed by atoms with E-state index in [1.165, 1.54) is 6.42 Å². The van der Waals surface area contributed by atoms with Gasteiger partial charge in [-0.05, 0) is 36.9 Å². The molecule has 3 nitrogen and oxygen atoms in total. The lowest BCUT2D eigenvalue weighted by molar-refractivity contribution is -0.118. The van der Waals surface area contributed by atoms with E-state index in [0.29, 0.717) is 12.5 Å². The number of carbonyl (C=O) groups excluding carboxylic acids is 1. The number of carbonyl (C=O) groups is 1. The van der Waals surface area contributed by atoms with Gasteiger partial charge in [-0.15, -0.1) is 11.3 Å². The van der Waals surface area contributed by atoms with Gasteiger partial charge in [-0.2, -0.15) is 0 Å². The summed E-state index contributed by atoms with van der Waals surface area (Å²) < 4.78 is 0. The van der Waals surface area contributed by atoms with Crippen LogP contribution in [-0.4, -0.2) is 25.5 Å². The molecule has 0 aliphatic carbocycles. The maximum absolute atomic E-state index is 11.9. The largest absolute Gasteiger partial charge is 0.313 e. The number of hydrogen-bond acceptors (Lipinski definition) is 3. The lowest BCUT2D eigenvalue weighted by Crippen LogP contribution is -2.32. The molecule has 1 amide bonds. The Morgan fingerprint density at radius 2 is 2.60 bits per heavy atom. The van der Waals surface area contributed by atoms with E-state index in [-0.39, 0.29) is 5.91 Å². The van der Waals surface area contributed by atoms with Gasteiger partial charge in [0.2, 0.25) is 5.91 Å². The zero-order chi connectivity index (χ0) is 10.7. The second kappa shape index (κ2) is 4.77. The molecule has 0 spiro atoms. The van der Waals surface area contributed by atoms with E-state index in [2.05, 4.69) is 5.32 Å². The molecule has 15 heavy (non-hydrogen) atoms. The van der Waals surface area contributed by atoms with Crippen molar-refractivity contribution in [3.8, 4) is 0 Å². The third-order valence-corrected chi connectivity index (χ3v) is 3.74. The first kappa shape index (κ1) is 10.6. The van der Waals surface area contributed by atoms with E-state index in [1.807, 2.05) is 24.6 Å². The SMILES string of the molecule is CN(C(=O)CC1CCCN1)c1cccs1. The molecule has 4 heteroatoms. The van der Waals surface area contributed by atoms with Crippen LogP contribution in [-0.2, 0) is 4.79 Å². The molecule has 1 aromatic rings. The summed E-state index contributed by atoms with van der Waals surface area (Å²) in [6.07, 6.45) is 2.94. The standard InChI is InChI=1S/C11H16N2OS/c1-13(11-5-3-7-15-11)10(14)8-9-4-2-6-12-9/h3,5,7,9,12H,2,4,6,8H2,1H3. The van der Waals surface area contributed by atoms with Crippen LogP contribution in [0.3, 0.4) is 0 Å². The van der Waals surface area contributed by atoms with Crippen LogP contribution >= 0.6 is 11.3 Å². The highest BCUT2D eigenvalue weighted by molar-refractivity contribution is 7.14. The fraction of sp³-hybridized carbons (Fsp3) is 0.545. The van der Waals surface area contributed by atoms with Gasteiger partial charge < -0.3 is 10.2 Å². The molecule has 1 atom stereocenters. The number of amides is 1. The maximum atomic E-state index is 11.9.